The van der Waals surface area contributed by atoms with Gasteiger partial charge in [-0.25, -0.2) is 8.78 Å². The number of halogens is 4. The number of benzene rings is 3. The van der Waals surface area contributed by atoms with Gasteiger partial charge in [0.05, 0.1) is 10.0 Å². The highest BCUT2D eigenvalue weighted by Crippen LogP contribution is 2.21. The lowest BCUT2D eigenvalue weighted by Gasteiger charge is -2.06. The molecule has 0 aliphatic carbocycles. The van der Waals surface area contributed by atoms with E-state index in [-0.39, 0.29) is 34.3 Å². The van der Waals surface area contributed by atoms with Crippen molar-refractivity contribution in [1.29, 1.82) is 0 Å². The molecule has 3 rings (SSSR count). The van der Waals surface area contributed by atoms with Gasteiger partial charge in [0.2, 0.25) is 11.8 Å². The third kappa shape index (κ3) is 7.27. The predicted octanol–water partition coefficient (Wildman–Crippen LogP) is 5.93. The largest absolute Gasteiger partial charge is 0.348 e. The molecule has 0 saturated heterocycles. The van der Waals surface area contributed by atoms with Crippen LogP contribution in [0.25, 0.3) is 12.2 Å². The molecule has 4 nitrogen and oxygen atoms in total. The van der Waals surface area contributed by atoms with E-state index in [4.69, 9.17) is 23.2 Å². The summed E-state index contributed by atoms with van der Waals surface area (Å²) in [6.45, 7) is 0.542. The first kappa shape index (κ1) is 25.1. The van der Waals surface area contributed by atoms with Gasteiger partial charge in [-0.2, -0.15) is 0 Å². The van der Waals surface area contributed by atoms with Crippen molar-refractivity contribution >= 4 is 47.2 Å². The van der Waals surface area contributed by atoms with E-state index in [1.54, 1.807) is 12.1 Å². The molecule has 3 aromatic carbocycles. The van der Waals surface area contributed by atoms with Crippen molar-refractivity contribution in [3.63, 3.8) is 0 Å². The first-order chi connectivity index (χ1) is 16.3. The Bertz CT molecular complexity index is 1110. The molecule has 3 aromatic rings. The highest BCUT2D eigenvalue weighted by atomic mass is 35.5. The lowest BCUT2D eigenvalue weighted by atomic mass is 10.1. The van der Waals surface area contributed by atoms with Gasteiger partial charge in [-0.05, 0) is 47.5 Å². The fraction of sp³-hybridized carbons (Fsp3) is 0.0769. The van der Waals surface area contributed by atoms with Crippen LogP contribution >= 0.6 is 23.2 Å². The molecule has 0 aromatic heterocycles. The van der Waals surface area contributed by atoms with Gasteiger partial charge in [0.15, 0.2) is 0 Å². The molecule has 8 heteroatoms. The zero-order valence-electron chi connectivity index (χ0n) is 17.8. The average Bonchev–Trinajstić information content (AvgIpc) is 2.81. The predicted molar refractivity (Wildman–Crippen MR) is 131 cm³/mol. The van der Waals surface area contributed by atoms with E-state index in [9.17, 15) is 18.4 Å². The highest BCUT2D eigenvalue weighted by Gasteiger charge is 2.06. The first-order valence-electron chi connectivity index (χ1n) is 10.2. The van der Waals surface area contributed by atoms with Crippen molar-refractivity contribution in [3.8, 4) is 0 Å². The van der Waals surface area contributed by atoms with Crippen molar-refractivity contribution < 1.29 is 18.4 Å². The zero-order chi connectivity index (χ0) is 24.5. The summed E-state index contributed by atoms with van der Waals surface area (Å²) in [7, 11) is 0. The third-order valence-electron chi connectivity index (χ3n) is 4.76. The van der Waals surface area contributed by atoms with Gasteiger partial charge in [0.25, 0.3) is 0 Å². The van der Waals surface area contributed by atoms with E-state index < -0.39 is 23.4 Å². The number of carbonyl (C=O) groups excluding carboxylic acids is 2. The van der Waals surface area contributed by atoms with Crippen LogP contribution in [-0.2, 0) is 22.7 Å². The second kappa shape index (κ2) is 12.1. The summed E-state index contributed by atoms with van der Waals surface area (Å²) in [5.41, 5.74) is 1.99. The molecule has 174 valence electrons. The first-order valence-corrected chi connectivity index (χ1v) is 11.0. The summed E-state index contributed by atoms with van der Waals surface area (Å²) in [5, 5.41) is 5.86. The smallest absolute Gasteiger partial charge is 0.244 e. The Kier molecular flexibility index (Phi) is 8.96. The highest BCUT2D eigenvalue weighted by molar-refractivity contribution is 6.32. The number of hydrogen-bond donors (Lipinski definition) is 2. The van der Waals surface area contributed by atoms with Gasteiger partial charge in [-0.3, -0.25) is 9.59 Å². The standard InChI is InChI=1S/C26H20Cl2F2N2O2/c27-21-3-1-5-23(29)19(21)11-13-25(33)31-15-17-7-9-18(10-8-17)16-32-26(34)14-12-20-22(28)4-2-6-24(20)30/h1-14H,15-16H2,(H,31,33)(H,32,34). The summed E-state index contributed by atoms with van der Waals surface area (Å²) < 4.78 is 27.5. The molecule has 2 N–H and O–H groups in total. The molecule has 0 spiro atoms. The van der Waals surface area contributed by atoms with Gasteiger partial charge in [0.1, 0.15) is 11.6 Å². The maximum absolute atomic E-state index is 13.7. The minimum absolute atomic E-state index is 0.151. The summed E-state index contributed by atoms with van der Waals surface area (Å²) in [6.07, 6.45) is 5.09. The van der Waals surface area contributed by atoms with Crippen LogP contribution < -0.4 is 10.6 Å². The van der Waals surface area contributed by atoms with E-state index >= 15 is 0 Å². The molecule has 0 fully saturated rings. The Morgan fingerprint density at radius 1 is 0.676 bits per heavy atom. The molecule has 2 amide bonds. The molecule has 0 radical (unpaired) electrons. The fourth-order valence-corrected chi connectivity index (χ4v) is 3.38. The van der Waals surface area contributed by atoms with E-state index in [1.807, 2.05) is 24.3 Å². The monoisotopic (exact) mass is 500 g/mol. The second-order valence-electron chi connectivity index (χ2n) is 7.19. The Balaban J connectivity index is 1.46. The topological polar surface area (TPSA) is 58.2 Å². The van der Waals surface area contributed by atoms with Crippen molar-refractivity contribution in [3.05, 3.63) is 117 Å². The Labute approximate surface area is 205 Å². The normalized spacial score (nSPS) is 11.2. The maximum Gasteiger partial charge on any atom is 0.244 e. The molecule has 0 saturated carbocycles. The van der Waals surface area contributed by atoms with Crippen LogP contribution in [0.15, 0.2) is 72.8 Å². The molecule has 0 unspecified atom stereocenters. The number of hydrogen-bond acceptors (Lipinski definition) is 2. The quantitative estimate of drug-likeness (QED) is 0.376. The SMILES string of the molecule is O=C(C=Cc1c(F)cccc1Cl)NCc1ccc(CNC(=O)C=Cc2c(F)cccc2Cl)cc1. The second-order valence-corrected chi connectivity index (χ2v) is 8.00. The van der Waals surface area contributed by atoms with Crippen LogP contribution in [-0.4, -0.2) is 11.8 Å². The van der Waals surface area contributed by atoms with Crippen LogP contribution in [0, 0.1) is 11.6 Å². The zero-order valence-corrected chi connectivity index (χ0v) is 19.3. The van der Waals surface area contributed by atoms with E-state index in [0.29, 0.717) is 0 Å². The van der Waals surface area contributed by atoms with Crippen molar-refractivity contribution in [2.75, 3.05) is 0 Å². The molecule has 0 heterocycles. The molecular formula is C26H20Cl2F2N2O2. The number of amides is 2. The molecule has 0 bridgehead atoms. The summed E-state index contributed by atoms with van der Waals surface area (Å²) >= 11 is 11.9. The Hall–Kier alpha value is -3.48. The lowest BCUT2D eigenvalue weighted by Crippen LogP contribution is -2.21. The molecule has 0 atom stereocenters. The Morgan fingerprint density at radius 2 is 1.06 bits per heavy atom. The molecular weight excluding hydrogens is 481 g/mol. The summed E-state index contributed by atoms with van der Waals surface area (Å²) in [6, 6.07) is 15.9. The van der Waals surface area contributed by atoms with Gasteiger partial charge in [-0.15, -0.1) is 0 Å². The van der Waals surface area contributed by atoms with Gasteiger partial charge in [0, 0.05) is 36.4 Å². The maximum atomic E-state index is 13.7. The van der Waals surface area contributed by atoms with Crippen LogP contribution in [0.1, 0.15) is 22.3 Å². The molecule has 0 aliphatic heterocycles. The van der Waals surface area contributed by atoms with Crippen molar-refractivity contribution in [1.82, 2.24) is 10.6 Å². The Morgan fingerprint density at radius 3 is 1.41 bits per heavy atom. The van der Waals surface area contributed by atoms with Gasteiger partial charge >= 0.3 is 0 Å². The van der Waals surface area contributed by atoms with E-state index in [1.165, 1.54) is 48.6 Å². The third-order valence-corrected chi connectivity index (χ3v) is 5.42. The summed E-state index contributed by atoms with van der Waals surface area (Å²) in [5.74, 6) is -1.80. The van der Waals surface area contributed by atoms with Crippen LogP contribution in [0.5, 0.6) is 0 Å². The lowest BCUT2D eigenvalue weighted by molar-refractivity contribution is -0.117. The number of nitrogens with one attached hydrogen (secondary N) is 2. The number of carbonyl (C=O) groups is 2. The van der Waals surface area contributed by atoms with Crippen molar-refractivity contribution in [2.24, 2.45) is 0 Å². The van der Waals surface area contributed by atoms with E-state index in [2.05, 4.69) is 10.6 Å². The average molecular weight is 501 g/mol. The van der Waals surface area contributed by atoms with Crippen LogP contribution in [0.4, 0.5) is 8.78 Å². The minimum atomic E-state index is -0.509. The molecule has 0 aliphatic rings. The van der Waals surface area contributed by atoms with Crippen LogP contribution in [0.3, 0.4) is 0 Å². The number of rotatable bonds is 8. The van der Waals surface area contributed by atoms with Gasteiger partial charge in [-0.1, -0.05) is 59.6 Å². The van der Waals surface area contributed by atoms with Crippen molar-refractivity contribution in [2.45, 2.75) is 13.1 Å². The molecule has 34 heavy (non-hydrogen) atoms. The summed E-state index contributed by atoms with van der Waals surface area (Å²) in [4.78, 5) is 24.0. The van der Waals surface area contributed by atoms with Crippen LogP contribution in [0.2, 0.25) is 10.0 Å². The fourth-order valence-electron chi connectivity index (χ4n) is 2.93. The minimum Gasteiger partial charge on any atom is -0.348 e. The van der Waals surface area contributed by atoms with Gasteiger partial charge < -0.3 is 10.6 Å². The van der Waals surface area contributed by atoms with E-state index in [0.717, 1.165) is 11.1 Å².